The zero-order valence-electron chi connectivity index (χ0n) is 20.6. The molecule has 0 bridgehead atoms. The van der Waals surface area contributed by atoms with Crippen molar-refractivity contribution in [1.82, 2.24) is 24.3 Å². The van der Waals surface area contributed by atoms with Gasteiger partial charge in [-0.05, 0) is 44.0 Å². The number of aryl methyl sites for hydroxylation is 1. The van der Waals surface area contributed by atoms with Crippen molar-refractivity contribution in [2.75, 3.05) is 0 Å². The molecule has 4 heterocycles. The fourth-order valence-corrected chi connectivity index (χ4v) is 4.93. The van der Waals surface area contributed by atoms with Crippen molar-refractivity contribution >= 4 is 10.9 Å². The van der Waals surface area contributed by atoms with E-state index in [1.54, 1.807) is 17.9 Å². The molecule has 0 aliphatic carbocycles. The quantitative estimate of drug-likeness (QED) is 0.356. The standard InChI is InChI=1S/C26H22F4N6O2/c1-13-6-15(8-21(38-13)16-11-32-35(2)12-16)20-9-18-23(34-25(26(28,29)30)36(3)24(18)37)22(33-20)17-5-4-14(10-31)7-19(17)27/h4-5,7,9,11-13,15,21H,6,8H2,1-3H3/t13-,15+,21-/m0/s1. The maximum Gasteiger partial charge on any atom is 0.449 e. The van der Waals surface area contributed by atoms with Gasteiger partial charge in [-0.1, -0.05) is 0 Å². The van der Waals surface area contributed by atoms with Crippen LogP contribution in [0, 0.1) is 17.1 Å². The number of hydrogen-bond donors (Lipinski definition) is 0. The Kier molecular flexibility index (Phi) is 6.27. The number of aromatic nitrogens is 5. The van der Waals surface area contributed by atoms with Crippen molar-refractivity contribution in [1.29, 1.82) is 5.26 Å². The third-order valence-electron chi connectivity index (χ3n) is 6.72. The summed E-state index contributed by atoms with van der Waals surface area (Å²) in [4.78, 5) is 21.5. The molecule has 38 heavy (non-hydrogen) atoms. The van der Waals surface area contributed by atoms with Gasteiger partial charge in [0.15, 0.2) is 0 Å². The second-order valence-corrected chi connectivity index (χ2v) is 9.45. The summed E-state index contributed by atoms with van der Waals surface area (Å²) in [5.74, 6) is -2.53. The van der Waals surface area contributed by atoms with Gasteiger partial charge in [-0.15, -0.1) is 0 Å². The predicted octanol–water partition coefficient (Wildman–Crippen LogP) is 4.78. The molecular weight excluding hydrogens is 504 g/mol. The van der Waals surface area contributed by atoms with Crippen LogP contribution in [-0.2, 0) is 25.0 Å². The monoisotopic (exact) mass is 526 g/mol. The van der Waals surface area contributed by atoms with Crippen molar-refractivity contribution in [3.05, 3.63) is 75.5 Å². The molecule has 8 nitrogen and oxygen atoms in total. The number of pyridine rings is 1. The van der Waals surface area contributed by atoms with Crippen LogP contribution in [0.1, 0.15) is 54.4 Å². The van der Waals surface area contributed by atoms with Crippen LogP contribution >= 0.6 is 0 Å². The van der Waals surface area contributed by atoms with Gasteiger partial charge in [0.1, 0.15) is 11.3 Å². The number of benzene rings is 1. The average molecular weight is 526 g/mol. The molecule has 0 saturated carbocycles. The van der Waals surface area contributed by atoms with Crippen LogP contribution in [0.15, 0.2) is 41.5 Å². The van der Waals surface area contributed by atoms with Gasteiger partial charge in [0.2, 0.25) is 5.82 Å². The Morgan fingerprint density at radius 2 is 1.92 bits per heavy atom. The summed E-state index contributed by atoms with van der Waals surface area (Å²) in [6, 6.07) is 6.83. The summed E-state index contributed by atoms with van der Waals surface area (Å²) in [5, 5.41) is 13.2. The molecule has 0 spiro atoms. The lowest BCUT2D eigenvalue weighted by molar-refractivity contribution is -0.147. The fourth-order valence-electron chi connectivity index (χ4n) is 4.93. The van der Waals surface area contributed by atoms with E-state index in [0.29, 0.717) is 23.1 Å². The Balaban J connectivity index is 1.73. The van der Waals surface area contributed by atoms with Crippen molar-refractivity contribution in [3.63, 3.8) is 0 Å². The highest BCUT2D eigenvalue weighted by atomic mass is 19.4. The van der Waals surface area contributed by atoms with Crippen LogP contribution in [0.3, 0.4) is 0 Å². The third-order valence-corrected chi connectivity index (χ3v) is 6.72. The minimum Gasteiger partial charge on any atom is -0.370 e. The number of ether oxygens (including phenoxy) is 1. The van der Waals surface area contributed by atoms with Gasteiger partial charge < -0.3 is 4.74 Å². The first kappa shape index (κ1) is 25.5. The number of halogens is 4. The third kappa shape index (κ3) is 4.54. The van der Waals surface area contributed by atoms with Crippen molar-refractivity contribution < 1.29 is 22.3 Å². The summed E-state index contributed by atoms with van der Waals surface area (Å²) in [6.07, 6.45) is -0.906. The molecule has 1 aliphatic rings. The van der Waals surface area contributed by atoms with Crippen LogP contribution in [-0.4, -0.2) is 30.4 Å². The van der Waals surface area contributed by atoms with E-state index in [9.17, 15) is 18.0 Å². The van der Waals surface area contributed by atoms with E-state index in [2.05, 4.69) is 15.1 Å². The highest BCUT2D eigenvalue weighted by Crippen LogP contribution is 2.41. The molecule has 1 aromatic carbocycles. The summed E-state index contributed by atoms with van der Waals surface area (Å²) >= 11 is 0. The van der Waals surface area contributed by atoms with Gasteiger partial charge in [0.25, 0.3) is 5.56 Å². The van der Waals surface area contributed by atoms with Crippen LogP contribution < -0.4 is 5.56 Å². The highest BCUT2D eigenvalue weighted by Gasteiger charge is 2.38. The Hall–Kier alpha value is -4.11. The number of nitrogens with zero attached hydrogens (tertiary/aromatic N) is 6. The van der Waals surface area contributed by atoms with Crippen molar-refractivity contribution in [2.24, 2.45) is 14.1 Å². The van der Waals surface area contributed by atoms with Crippen LogP contribution in [0.2, 0.25) is 0 Å². The molecule has 1 fully saturated rings. The van der Waals surface area contributed by atoms with E-state index < -0.39 is 23.4 Å². The first-order valence-electron chi connectivity index (χ1n) is 11.8. The molecule has 0 unspecified atom stereocenters. The maximum atomic E-state index is 15.1. The van der Waals surface area contributed by atoms with Gasteiger partial charge in [-0.3, -0.25) is 19.0 Å². The number of rotatable bonds is 3. The molecule has 3 aromatic heterocycles. The van der Waals surface area contributed by atoms with E-state index >= 15 is 4.39 Å². The lowest BCUT2D eigenvalue weighted by Gasteiger charge is -2.33. The lowest BCUT2D eigenvalue weighted by atomic mass is 9.86. The van der Waals surface area contributed by atoms with Crippen LogP contribution in [0.25, 0.3) is 22.2 Å². The molecule has 0 radical (unpaired) electrons. The van der Waals surface area contributed by atoms with E-state index in [-0.39, 0.29) is 45.8 Å². The molecule has 12 heteroatoms. The molecular formula is C26H22F4N6O2. The van der Waals surface area contributed by atoms with Gasteiger partial charge in [0.05, 0.1) is 41.1 Å². The van der Waals surface area contributed by atoms with E-state index in [4.69, 9.17) is 10.00 Å². The minimum atomic E-state index is -4.92. The van der Waals surface area contributed by atoms with Gasteiger partial charge >= 0.3 is 6.18 Å². The summed E-state index contributed by atoms with van der Waals surface area (Å²) in [7, 11) is 2.78. The maximum absolute atomic E-state index is 15.1. The first-order valence-corrected chi connectivity index (χ1v) is 11.8. The van der Waals surface area contributed by atoms with Gasteiger partial charge in [-0.2, -0.15) is 23.5 Å². The predicted molar refractivity (Wildman–Crippen MR) is 128 cm³/mol. The smallest absolute Gasteiger partial charge is 0.370 e. The van der Waals surface area contributed by atoms with Gasteiger partial charge in [0, 0.05) is 43.0 Å². The van der Waals surface area contributed by atoms with E-state index in [1.165, 1.54) is 18.2 Å². The van der Waals surface area contributed by atoms with Crippen molar-refractivity contribution in [2.45, 2.75) is 44.1 Å². The molecule has 4 aromatic rings. The number of nitriles is 1. The Morgan fingerprint density at radius 1 is 1.16 bits per heavy atom. The number of hydrogen-bond acceptors (Lipinski definition) is 6. The normalized spacial score (nSPS) is 20.0. The molecule has 196 valence electrons. The second-order valence-electron chi connectivity index (χ2n) is 9.45. The molecule has 1 aliphatic heterocycles. The summed E-state index contributed by atoms with van der Waals surface area (Å²) in [5.41, 5.74) is -0.339. The van der Waals surface area contributed by atoms with Gasteiger partial charge in [-0.25, -0.2) is 9.37 Å². The second kappa shape index (κ2) is 9.33. The Labute approximate surface area is 214 Å². The zero-order valence-corrected chi connectivity index (χ0v) is 20.6. The molecule has 0 N–H and O–H groups in total. The average Bonchev–Trinajstić information content (AvgIpc) is 3.31. The zero-order chi connectivity index (χ0) is 27.4. The SMILES string of the molecule is C[C@H]1C[C@@H](c2cc3c(=O)n(C)c(C(F)(F)F)nc3c(-c3ccc(C#N)cc3F)n2)C[C@@H](c2cnn(C)c2)O1. The molecule has 0 amide bonds. The Bertz CT molecular complexity index is 1650. The Morgan fingerprint density at radius 3 is 2.55 bits per heavy atom. The number of alkyl halides is 3. The van der Waals surface area contributed by atoms with Crippen LogP contribution in [0.5, 0.6) is 0 Å². The summed E-state index contributed by atoms with van der Waals surface area (Å²) < 4.78 is 64.5. The molecule has 5 rings (SSSR count). The summed E-state index contributed by atoms with van der Waals surface area (Å²) in [6.45, 7) is 1.90. The largest absolute Gasteiger partial charge is 0.449 e. The number of fused-ring (bicyclic) bond motifs is 1. The van der Waals surface area contributed by atoms with Crippen LogP contribution in [0.4, 0.5) is 17.6 Å². The molecule has 1 saturated heterocycles. The lowest BCUT2D eigenvalue weighted by Crippen LogP contribution is -2.29. The topological polar surface area (TPSA) is 98.6 Å². The first-order chi connectivity index (χ1) is 18.0. The molecule has 3 atom stereocenters. The van der Waals surface area contributed by atoms with E-state index in [1.807, 2.05) is 19.2 Å². The highest BCUT2D eigenvalue weighted by molar-refractivity contribution is 5.91. The van der Waals surface area contributed by atoms with Crippen molar-refractivity contribution in [3.8, 4) is 17.3 Å². The van der Waals surface area contributed by atoms with E-state index in [0.717, 1.165) is 18.7 Å². The fraction of sp³-hybridized carbons (Fsp3) is 0.346. The minimum absolute atomic E-state index is 0.0316.